The third-order valence-corrected chi connectivity index (χ3v) is 5.16. The first-order valence-electron chi connectivity index (χ1n) is 9.13. The van der Waals surface area contributed by atoms with Gasteiger partial charge in [-0.25, -0.2) is 0 Å². The van der Waals surface area contributed by atoms with E-state index < -0.39 is 0 Å². The van der Waals surface area contributed by atoms with Gasteiger partial charge in [0, 0.05) is 31.2 Å². The summed E-state index contributed by atoms with van der Waals surface area (Å²) >= 11 is 0. The number of morpholine rings is 1. The Morgan fingerprint density at radius 3 is 2.68 bits per heavy atom. The van der Waals surface area contributed by atoms with Crippen LogP contribution in [0.5, 0.6) is 0 Å². The Balaban J connectivity index is 1.67. The molecule has 1 aliphatic heterocycles. The highest BCUT2D eigenvalue weighted by Gasteiger charge is 2.27. The molecule has 2 heterocycles. The van der Waals surface area contributed by atoms with E-state index in [0.717, 1.165) is 44.7 Å². The van der Waals surface area contributed by atoms with Crippen LogP contribution in [0.25, 0.3) is 11.0 Å². The van der Waals surface area contributed by atoms with Gasteiger partial charge in [0.25, 0.3) is 5.91 Å². The van der Waals surface area contributed by atoms with Gasteiger partial charge in [0.1, 0.15) is 11.0 Å². The molecule has 1 amide bonds. The molecule has 7 nitrogen and oxygen atoms in total. The van der Waals surface area contributed by atoms with Gasteiger partial charge in [-0.1, -0.05) is 26.7 Å². The second-order valence-corrected chi connectivity index (χ2v) is 6.53. The average molecular weight is 345 g/mol. The molecule has 7 heteroatoms. The molecule has 0 bridgehead atoms. The van der Waals surface area contributed by atoms with Crippen molar-refractivity contribution in [2.45, 2.75) is 32.7 Å². The molecule has 25 heavy (non-hydrogen) atoms. The Morgan fingerprint density at radius 2 is 1.96 bits per heavy atom. The number of carbonyl (C=O) groups excluding carboxylic acids is 1. The maximum atomic E-state index is 12.6. The molecule has 0 saturated carbocycles. The van der Waals surface area contributed by atoms with Crippen molar-refractivity contribution >= 4 is 16.9 Å². The van der Waals surface area contributed by atoms with Crippen LogP contribution >= 0.6 is 0 Å². The molecule has 0 radical (unpaired) electrons. The van der Waals surface area contributed by atoms with Gasteiger partial charge >= 0.3 is 0 Å². The topological polar surface area (TPSA) is 83.1 Å². The molecule has 2 N–H and O–H groups in total. The monoisotopic (exact) mass is 345 g/mol. The predicted octanol–water partition coefficient (Wildman–Crippen LogP) is 1.82. The van der Waals surface area contributed by atoms with Crippen LogP contribution < -0.4 is 5.32 Å². The minimum atomic E-state index is -0.0610. The molecule has 0 spiro atoms. The number of carbonyl (C=O) groups is 1. The molecule has 1 fully saturated rings. The van der Waals surface area contributed by atoms with Crippen LogP contribution in [-0.2, 0) is 4.74 Å². The van der Waals surface area contributed by atoms with Crippen LogP contribution in [-0.4, -0.2) is 65.1 Å². The molecule has 1 aromatic carbocycles. The van der Waals surface area contributed by atoms with Crippen molar-refractivity contribution in [2.24, 2.45) is 5.92 Å². The number of hydrogen-bond donors (Lipinski definition) is 2. The van der Waals surface area contributed by atoms with Crippen molar-refractivity contribution in [1.82, 2.24) is 25.6 Å². The van der Waals surface area contributed by atoms with Crippen LogP contribution in [0.15, 0.2) is 18.2 Å². The molecule has 1 aliphatic rings. The van der Waals surface area contributed by atoms with Crippen molar-refractivity contribution in [3.63, 3.8) is 0 Å². The van der Waals surface area contributed by atoms with Gasteiger partial charge in [-0.05, 0) is 24.1 Å². The number of aromatic nitrogens is 3. The Labute approximate surface area is 148 Å². The molecule has 0 aliphatic carbocycles. The predicted molar refractivity (Wildman–Crippen MR) is 96.5 cm³/mol. The number of H-pyrrole nitrogens is 1. The van der Waals surface area contributed by atoms with Gasteiger partial charge < -0.3 is 10.1 Å². The first-order chi connectivity index (χ1) is 12.2. The van der Waals surface area contributed by atoms with E-state index in [0.29, 0.717) is 29.6 Å². The highest BCUT2D eigenvalue weighted by Crippen LogP contribution is 2.20. The normalized spacial score (nSPS) is 17.1. The first-order valence-corrected chi connectivity index (χ1v) is 9.13. The molecule has 3 rings (SSSR count). The zero-order valence-corrected chi connectivity index (χ0v) is 15.0. The largest absolute Gasteiger partial charge is 0.379 e. The van der Waals surface area contributed by atoms with Crippen molar-refractivity contribution in [3.8, 4) is 0 Å². The highest BCUT2D eigenvalue weighted by atomic mass is 16.5. The Kier molecular flexibility index (Phi) is 5.99. The van der Waals surface area contributed by atoms with Crippen LogP contribution in [0.1, 0.15) is 37.0 Å². The zero-order chi connectivity index (χ0) is 17.6. The van der Waals surface area contributed by atoms with Gasteiger partial charge in [0.2, 0.25) is 0 Å². The number of nitrogens with one attached hydrogen (secondary N) is 2. The third kappa shape index (κ3) is 4.16. The van der Waals surface area contributed by atoms with Crippen molar-refractivity contribution in [2.75, 3.05) is 32.8 Å². The lowest BCUT2D eigenvalue weighted by molar-refractivity contribution is 0.00191. The minimum Gasteiger partial charge on any atom is -0.379 e. The fourth-order valence-electron chi connectivity index (χ4n) is 3.62. The summed E-state index contributed by atoms with van der Waals surface area (Å²) < 4.78 is 5.48. The van der Waals surface area contributed by atoms with E-state index in [1.54, 1.807) is 12.1 Å². The molecular weight excluding hydrogens is 318 g/mol. The fourth-order valence-corrected chi connectivity index (χ4v) is 3.62. The molecule has 1 saturated heterocycles. The van der Waals surface area contributed by atoms with Crippen molar-refractivity contribution < 1.29 is 9.53 Å². The number of ether oxygens (including phenoxy) is 1. The number of aromatic amines is 1. The Morgan fingerprint density at radius 1 is 1.24 bits per heavy atom. The van der Waals surface area contributed by atoms with Crippen LogP contribution in [0.4, 0.5) is 0 Å². The summed E-state index contributed by atoms with van der Waals surface area (Å²) in [5.41, 5.74) is 2.09. The number of rotatable bonds is 7. The smallest absolute Gasteiger partial charge is 0.251 e. The second-order valence-electron chi connectivity index (χ2n) is 6.53. The van der Waals surface area contributed by atoms with E-state index in [4.69, 9.17) is 4.74 Å². The maximum Gasteiger partial charge on any atom is 0.251 e. The van der Waals surface area contributed by atoms with E-state index in [1.165, 1.54) is 0 Å². The lowest BCUT2D eigenvalue weighted by Crippen LogP contribution is -2.52. The van der Waals surface area contributed by atoms with Crippen LogP contribution in [0, 0.1) is 5.92 Å². The molecule has 0 unspecified atom stereocenters. The van der Waals surface area contributed by atoms with Gasteiger partial charge in [-0.2, -0.15) is 15.4 Å². The number of amides is 1. The molecular formula is C18H27N5O2. The number of hydrogen-bond acceptors (Lipinski definition) is 5. The van der Waals surface area contributed by atoms with Crippen molar-refractivity contribution in [3.05, 3.63) is 23.8 Å². The van der Waals surface area contributed by atoms with E-state index in [2.05, 4.69) is 39.5 Å². The van der Waals surface area contributed by atoms with E-state index in [-0.39, 0.29) is 5.91 Å². The van der Waals surface area contributed by atoms with Crippen LogP contribution in [0.3, 0.4) is 0 Å². The fraction of sp³-hybridized carbons (Fsp3) is 0.611. The van der Waals surface area contributed by atoms with Gasteiger partial charge in [-0.15, -0.1) is 0 Å². The van der Waals surface area contributed by atoms with Gasteiger partial charge in [0.05, 0.1) is 13.2 Å². The Bertz CT molecular complexity index is 692. The van der Waals surface area contributed by atoms with Gasteiger partial charge in [0.15, 0.2) is 0 Å². The summed E-state index contributed by atoms with van der Waals surface area (Å²) in [7, 11) is 0. The van der Waals surface area contributed by atoms with E-state index >= 15 is 0 Å². The van der Waals surface area contributed by atoms with Gasteiger partial charge in [-0.3, -0.25) is 9.69 Å². The highest BCUT2D eigenvalue weighted by molar-refractivity contribution is 5.97. The maximum absolute atomic E-state index is 12.6. The van der Waals surface area contributed by atoms with E-state index in [9.17, 15) is 4.79 Å². The summed E-state index contributed by atoms with van der Waals surface area (Å²) in [4.78, 5) is 15.0. The SMILES string of the molecule is CCC(CC)[C@@H](CNC(=O)c1ccc2n[nH]nc2c1)N1CCOCC1. The summed E-state index contributed by atoms with van der Waals surface area (Å²) in [5.74, 6) is 0.505. The summed E-state index contributed by atoms with van der Waals surface area (Å²) in [5, 5.41) is 13.8. The molecule has 1 aromatic heterocycles. The minimum absolute atomic E-state index is 0.0610. The standard InChI is InChI=1S/C18H27N5O2/c1-3-13(4-2)17(23-7-9-25-10-8-23)12-19-18(24)14-5-6-15-16(11-14)21-22-20-15/h5-6,11,13,17H,3-4,7-10,12H2,1-2H3,(H,19,24)(H,20,21,22)/t17-/m1/s1. The molecule has 2 aromatic rings. The van der Waals surface area contributed by atoms with Crippen LogP contribution in [0.2, 0.25) is 0 Å². The summed E-state index contributed by atoms with van der Waals surface area (Å²) in [6.07, 6.45) is 2.22. The second kappa shape index (κ2) is 8.40. The third-order valence-electron chi connectivity index (χ3n) is 5.16. The quantitative estimate of drug-likeness (QED) is 0.800. The summed E-state index contributed by atoms with van der Waals surface area (Å²) in [6, 6.07) is 5.73. The Hall–Kier alpha value is -1.99. The lowest BCUT2D eigenvalue weighted by atomic mass is 9.92. The first kappa shape index (κ1) is 17.8. The number of nitrogens with zero attached hydrogens (tertiary/aromatic N) is 3. The lowest BCUT2D eigenvalue weighted by Gasteiger charge is -2.38. The average Bonchev–Trinajstić information content (AvgIpc) is 3.13. The zero-order valence-electron chi connectivity index (χ0n) is 15.0. The van der Waals surface area contributed by atoms with E-state index in [1.807, 2.05) is 6.07 Å². The molecule has 136 valence electrons. The number of benzene rings is 1. The number of fused-ring (bicyclic) bond motifs is 1. The summed E-state index contributed by atoms with van der Waals surface area (Å²) in [6.45, 7) is 8.51. The van der Waals surface area contributed by atoms with Crippen molar-refractivity contribution in [1.29, 1.82) is 0 Å². The molecule has 1 atom stereocenters.